The Morgan fingerprint density at radius 3 is 2.24 bits per heavy atom. The number of carbonyl (C=O) groups excluding carboxylic acids is 2. The van der Waals surface area contributed by atoms with Crippen LogP contribution in [0.15, 0.2) is 53.4 Å². The molecule has 1 heterocycles. The van der Waals surface area contributed by atoms with Crippen molar-refractivity contribution in [3.05, 3.63) is 54.1 Å². The number of piperidine rings is 1. The smallest absolute Gasteiger partial charge is 0.338 e. The molecule has 1 aliphatic heterocycles. The quantitative estimate of drug-likeness (QED) is 0.439. The molecular formula is C24H30N2O6S. The predicted octanol–water partition coefficient (Wildman–Crippen LogP) is 3.69. The van der Waals surface area contributed by atoms with E-state index in [1.54, 1.807) is 36.4 Å². The van der Waals surface area contributed by atoms with E-state index in [9.17, 15) is 18.0 Å². The zero-order chi connectivity index (χ0) is 23.8. The Kier molecular flexibility index (Phi) is 8.46. The van der Waals surface area contributed by atoms with Crippen molar-refractivity contribution >= 4 is 27.6 Å². The van der Waals surface area contributed by atoms with Gasteiger partial charge in [-0.15, -0.1) is 0 Å². The molecule has 2 aromatic rings. The van der Waals surface area contributed by atoms with Crippen molar-refractivity contribution in [2.75, 3.05) is 32.1 Å². The fraction of sp³-hybridized carbons (Fsp3) is 0.417. The summed E-state index contributed by atoms with van der Waals surface area (Å²) in [6, 6.07) is 12.8. The maximum atomic E-state index is 12.9. The highest BCUT2D eigenvalue weighted by molar-refractivity contribution is 7.89. The van der Waals surface area contributed by atoms with Gasteiger partial charge < -0.3 is 14.8 Å². The molecular weight excluding hydrogens is 444 g/mol. The molecule has 0 saturated carbocycles. The first-order valence-electron chi connectivity index (χ1n) is 11.1. The summed E-state index contributed by atoms with van der Waals surface area (Å²) in [5, 5.41) is 2.86. The topological polar surface area (TPSA) is 102 Å². The van der Waals surface area contributed by atoms with E-state index in [1.807, 2.05) is 6.92 Å². The van der Waals surface area contributed by atoms with Crippen molar-refractivity contribution in [1.82, 2.24) is 4.31 Å². The van der Waals surface area contributed by atoms with E-state index in [2.05, 4.69) is 5.32 Å². The summed E-state index contributed by atoms with van der Waals surface area (Å²) in [6.07, 6.45) is 2.64. The Labute approximate surface area is 194 Å². The number of nitrogens with one attached hydrogen (secondary N) is 1. The number of sulfonamides is 1. The number of methoxy groups -OCH3 is 1. The minimum absolute atomic E-state index is 0.158. The van der Waals surface area contributed by atoms with Crippen LogP contribution < -0.4 is 10.1 Å². The lowest BCUT2D eigenvalue weighted by Gasteiger charge is -2.30. The monoisotopic (exact) mass is 474 g/mol. The number of esters is 1. The third-order valence-electron chi connectivity index (χ3n) is 5.64. The van der Waals surface area contributed by atoms with E-state index in [-0.39, 0.29) is 35.8 Å². The molecule has 178 valence electrons. The largest absolute Gasteiger partial charge is 0.497 e. The molecule has 0 radical (unpaired) electrons. The second-order valence-electron chi connectivity index (χ2n) is 7.91. The number of ether oxygens (including phenoxy) is 2. The standard InChI is InChI=1S/C24H30N2O6S/c1-3-4-17-32-24(28)19-5-7-20(8-6-19)25-23(27)18-13-15-26(16-14-18)33(29,30)22-11-9-21(31-2)10-12-22/h5-12,18H,3-4,13-17H2,1-2H3,(H,25,27). The van der Waals surface area contributed by atoms with Gasteiger partial charge in [-0.3, -0.25) is 4.79 Å². The molecule has 1 fully saturated rings. The summed E-state index contributed by atoms with van der Waals surface area (Å²) in [4.78, 5) is 24.9. The molecule has 2 aromatic carbocycles. The molecule has 1 amide bonds. The summed E-state index contributed by atoms with van der Waals surface area (Å²) < 4.78 is 37.4. The summed E-state index contributed by atoms with van der Waals surface area (Å²) >= 11 is 0. The van der Waals surface area contributed by atoms with Crippen molar-refractivity contribution in [2.45, 2.75) is 37.5 Å². The Hall–Kier alpha value is -2.91. The van der Waals surface area contributed by atoms with Crippen molar-refractivity contribution in [3.8, 4) is 5.75 Å². The number of hydrogen-bond acceptors (Lipinski definition) is 6. The molecule has 9 heteroatoms. The van der Waals surface area contributed by atoms with Gasteiger partial charge >= 0.3 is 5.97 Å². The number of carbonyl (C=O) groups is 2. The molecule has 8 nitrogen and oxygen atoms in total. The van der Waals surface area contributed by atoms with Crippen LogP contribution in [0, 0.1) is 5.92 Å². The van der Waals surface area contributed by atoms with E-state index in [4.69, 9.17) is 9.47 Å². The third-order valence-corrected chi connectivity index (χ3v) is 7.55. The van der Waals surface area contributed by atoms with E-state index < -0.39 is 10.0 Å². The maximum absolute atomic E-state index is 12.9. The number of anilines is 1. The zero-order valence-electron chi connectivity index (χ0n) is 19.0. The average Bonchev–Trinajstić information content (AvgIpc) is 2.84. The number of hydrogen-bond donors (Lipinski definition) is 1. The fourth-order valence-electron chi connectivity index (χ4n) is 3.58. The van der Waals surface area contributed by atoms with E-state index >= 15 is 0 Å². The molecule has 0 unspecified atom stereocenters. The van der Waals surface area contributed by atoms with E-state index in [0.29, 0.717) is 36.4 Å². The summed E-state index contributed by atoms with van der Waals surface area (Å²) in [6.45, 7) is 2.96. The van der Waals surface area contributed by atoms with Crippen LogP contribution in [0.5, 0.6) is 5.75 Å². The number of rotatable bonds is 9. The molecule has 0 aliphatic carbocycles. The number of amides is 1. The number of unbranched alkanes of at least 4 members (excludes halogenated alkanes) is 1. The van der Waals surface area contributed by atoms with Gasteiger partial charge in [0.1, 0.15) is 5.75 Å². The highest BCUT2D eigenvalue weighted by Crippen LogP contribution is 2.26. The second kappa shape index (κ2) is 11.3. The van der Waals surface area contributed by atoms with Gasteiger partial charge in [0.25, 0.3) is 0 Å². The molecule has 0 bridgehead atoms. The Morgan fingerprint density at radius 2 is 1.67 bits per heavy atom. The molecule has 1 saturated heterocycles. The van der Waals surface area contributed by atoms with Crippen molar-refractivity contribution in [3.63, 3.8) is 0 Å². The predicted molar refractivity (Wildman–Crippen MR) is 125 cm³/mol. The van der Waals surface area contributed by atoms with Gasteiger partial charge in [0.15, 0.2) is 0 Å². The van der Waals surface area contributed by atoms with Crippen LogP contribution in [0.4, 0.5) is 5.69 Å². The zero-order valence-corrected chi connectivity index (χ0v) is 19.8. The molecule has 3 rings (SSSR count). The minimum Gasteiger partial charge on any atom is -0.497 e. The normalized spacial score (nSPS) is 15.1. The second-order valence-corrected chi connectivity index (χ2v) is 9.85. The van der Waals surface area contributed by atoms with Crippen LogP contribution in [0.3, 0.4) is 0 Å². The lowest BCUT2D eigenvalue weighted by Crippen LogP contribution is -2.41. The van der Waals surface area contributed by atoms with Crippen LogP contribution in [0.2, 0.25) is 0 Å². The highest BCUT2D eigenvalue weighted by Gasteiger charge is 2.32. The van der Waals surface area contributed by atoms with Crippen LogP contribution in [-0.2, 0) is 19.6 Å². The molecule has 1 N–H and O–H groups in total. The van der Waals surface area contributed by atoms with Crippen molar-refractivity contribution in [1.29, 1.82) is 0 Å². The van der Waals surface area contributed by atoms with Gasteiger partial charge in [0, 0.05) is 24.7 Å². The lowest BCUT2D eigenvalue weighted by atomic mass is 9.97. The third kappa shape index (κ3) is 6.33. The van der Waals surface area contributed by atoms with E-state index in [0.717, 1.165) is 12.8 Å². The van der Waals surface area contributed by atoms with Crippen molar-refractivity contribution < 1.29 is 27.5 Å². The molecule has 0 spiro atoms. The summed E-state index contributed by atoms with van der Waals surface area (Å²) in [7, 11) is -2.09. The highest BCUT2D eigenvalue weighted by atomic mass is 32.2. The maximum Gasteiger partial charge on any atom is 0.338 e. The van der Waals surface area contributed by atoms with Gasteiger partial charge in [-0.1, -0.05) is 13.3 Å². The average molecular weight is 475 g/mol. The Balaban J connectivity index is 1.52. The van der Waals surface area contributed by atoms with Gasteiger partial charge in [-0.05, 0) is 67.8 Å². The molecule has 0 atom stereocenters. The molecule has 1 aliphatic rings. The van der Waals surface area contributed by atoms with Gasteiger partial charge in [-0.25, -0.2) is 13.2 Å². The minimum atomic E-state index is -3.61. The first-order valence-corrected chi connectivity index (χ1v) is 12.5. The van der Waals surface area contributed by atoms with Crippen LogP contribution in [-0.4, -0.2) is 51.4 Å². The summed E-state index contributed by atoms with van der Waals surface area (Å²) in [5.74, 6) is -0.238. The SMILES string of the molecule is CCCCOC(=O)c1ccc(NC(=O)C2CCN(S(=O)(=O)c3ccc(OC)cc3)CC2)cc1. The van der Waals surface area contributed by atoms with E-state index in [1.165, 1.54) is 23.5 Å². The Bertz CT molecular complexity index is 1040. The number of nitrogens with zero attached hydrogens (tertiary/aromatic N) is 1. The number of benzene rings is 2. The first-order chi connectivity index (χ1) is 15.8. The van der Waals surface area contributed by atoms with Crippen LogP contribution in [0.25, 0.3) is 0 Å². The summed E-state index contributed by atoms with van der Waals surface area (Å²) in [5.41, 5.74) is 1.01. The Morgan fingerprint density at radius 1 is 1.03 bits per heavy atom. The van der Waals surface area contributed by atoms with Gasteiger partial charge in [0.05, 0.1) is 24.2 Å². The van der Waals surface area contributed by atoms with Crippen LogP contribution in [0.1, 0.15) is 43.0 Å². The lowest BCUT2D eigenvalue weighted by molar-refractivity contribution is -0.120. The van der Waals surface area contributed by atoms with Gasteiger partial charge in [0.2, 0.25) is 15.9 Å². The molecule has 0 aromatic heterocycles. The fourth-order valence-corrected chi connectivity index (χ4v) is 5.05. The van der Waals surface area contributed by atoms with Gasteiger partial charge in [-0.2, -0.15) is 4.31 Å². The van der Waals surface area contributed by atoms with Crippen LogP contribution >= 0.6 is 0 Å². The molecule has 33 heavy (non-hydrogen) atoms. The van der Waals surface area contributed by atoms with Crippen molar-refractivity contribution in [2.24, 2.45) is 5.92 Å². The first kappa shape index (κ1) is 24.7.